The molecule has 182 valence electrons. The Morgan fingerprint density at radius 3 is 1.94 bits per heavy atom. The monoisotopic (exact) mass is 494 g/mol. The van der Waals surface area contributed by atoms with Gasteiger partial charge in [-0.05, 0) is 24.3 Å². The number of carbonyl (C=O) groups excluding carboxylic acids is 1. The van der Waals surface area contributed by atoms with E-state index in [4.69, 9.17) is 0 Å². The van der Waals surface area contributed by atoms with Crippen molar-refractivity contribution in [1.29, 1.82) is 0 Å². The third-order valence-corrected chi connectivity index (χ3v) is 3.02. The Kier molecular flexibility index (Phi) is 7.65. The van der Waals surface area contributed by atoms with E-state index in [1.54, 1.807) is 0 Å². The van der Waals surface area contributed by atoms with E-state index in [0.29, 0.717) is 6.07 Å². The Labute approximate surface area is 177 Å². The summed E-state index contributed by atoms with van der Waals surface area (Å²) in [6.07, 6.45) is -14.6. The summed E-state index contributed by atoms with van der Waals surface area (Å²) in [5.74, 6) is -2.04. The molecule has 2 rings (SSSR count). The molecule has 0 aliphatic heterocycles. The minimum Gasteiger partial charge on any atom is -0.468 e. The van der Waals surface area contributed by atoms with E-state index in [1.807, 2.05) is 5.32 Å². The number of benzene rings is 1. The number of rotatable bonds is 7. The molecule has 0 saturated heterocycles. The van der Waals surface area contributed by atoms with Crippen molar-refractivity contribution in [3.63, 3.8) is 0 Å². The first-order valence-corrected chi connectivity index (χ1v) is 8.30. The molecular formula is C16H11F9N4O4. The molecule has 2 aromatic rings. The van der Waals surface area contributed by atoms with E-state index in [2.05, 4.69) is 29.5 Å². The average molecular weight is 494 g/mol. The average Bonchev–Trinajstić information content (AvgIpc) is 2.64. The van der Waals surface area contributed by atoms with E-state index in [9.17, 15) is 44.3 Å². The number of aromatic nitrogens is 2. The van der Waals surface area contributed by atoms with Crippen molar-refractivity contribution in [1.82, 2.24) is 9.97 Å². The molecule has 0 aliphatic rings. The number of amides is 2. The highest BCUT2D eigenvalue weighted by atomic mass is 19.4. The van der Waals surface area contributed by atoms with Gasteiger partial charge in [0.25, 0.3) is 0 Å². The summed E-state index contributed by atoms with van der Waals surface area (Å²) in [4.78, 5) is 18.7. The minimum absolute atomic E-state index is 0.0434. The van der Waals surface area contributed by atoms with Gasteiger partial charge in [-0.25, -0.2) is 4.79 Å². The van der Waals surface area contributed by atoms with Gasteiger partial charge in [-0.15, -0.1) is 13.2 Å². The van der Waals surface area contributed by atoms with Crippen molar-refractivity contribution < 1.29 is 58.5 Å². The Morgan fingerprint density at radius 1 is 0.818 bits per heavy atom. The molecule has 2 N–H and O–H groups in total. The van der Waals surface area contributed by atoms with E-state index < -0.39 is 61.4 Å². The van der Waals surface area contributed by atoms with E-state index >= 15 is 0 Å². The van der Waals surface area contributed by atoms with Gasteiger partial charge in [0.15, 0.2) is 13.2 Å². The number of nitrogens with zero attached hydrogens (tertiary/aromatic N) is 2. The van der Waals surface area contributed by atoms with Gasteiger partial charge in [-0.3, -0.25) is 5.32 Å². The number of hydrogen-bond acceptors (Lipinski definition) is 6. The summed E-state index contributed by atoms with van der Waals surface area (Å²) in [7, 11) is 0. The van der Waals surface area contributed by atoms with Crippen LogP contribution in [-0.4, -0.2) is 47.9 Å². The van der Waals surface area contributed by atoms with E-state index in [1.165, 1.54) is 0 Å². The predicted octanol–water partition coefficient (Wildman–Crippen LogP) is 4.90. The fraction of sp³-hybridized carbons (Fsp3) is 0.312. The van der Waals surface area contributed by atoms with Crippen LogP contribution in [0, 0.1) is 0 Å². The lowest BCUT2D eigenvalue weighted by molar-refractivity contribution is -0.274. The second-order valence-corrected chi connectivity index (χ2v) is 5.83. The first-order valence-electron chi connectivity index (χ1n) is 8.30. The number of alkyl halides is 9. The highest BCUT2D eigenvalue weighted by Crippen LogP contribution is 2.25. The van der Waals surface area contributed by atoms with Gasteiger partial charge in [0.05, 0.1) is 0 Å². The van der Waals surface area contributed by atoms with Gasteiger partial charge in [0.2, 0.25) is 5.88 Å². The maximum atomic E-state index is 12.3. The number of urea groups is 1. The van der Waals surface area contributed by atoms with Crippen LogP contribution in [0.4, 0.5) is 55.8 Å². The van der Waals surface area contributed by atoms with Crippen molar-refractivity contribution in [3.05, 3.63) is 30.3 Å². The molecule has 0 unspecified atom stereocenters. The summed E-state index contributed by atoms with van der Waals surface area (Å²) in [5, 5.41) is 4.13. The molecule has 1 aromatic heterocycles. The third-order valence-electron chi connectivity index (χ3n) is 3.02. The number of anilines is 2. The molecule has 1 heterocycles. The van der Waals surface area contributed by atoms with Crippen molar-refractivity contribution in [3.8, 4) is 17.6 Å². The van der Waals surface area contributed by atoms with Gasteiger partial charge in [-0.1, -0.05) is 0 Å². The fourth-order valence-corrected chi connectivity index (χ4v) is 1.93. The van der Waals surface area contributed by atoms with Crippen LogP contribution in [0.1, 0.15) is 0 Å². The molecule has 1 aromatic carbocycles. The van der Waals surface area contributed by atoms with Crippen LogP contribution in [0.2, 0.25) is 0 Å². The topological polar surface area (TPSA) is 94.6 Å². The number of halogens is 9. The smallest absolute Gasteiger partial charge is 0.468 e. The van der Waals surface area contributed by atoms with Crippen molar-refractivity contribution in [2.24, 2.45) is 0 Å². The van der Waals surface area contributed by atoms with Crippen LogP contribution in [0.3, 0.4) is 0 Å². The standard InChI is InChI=1S/C16H11F9N4O4/c17-14(18,19)6-31-11-5-10(28-13(29-11)32-7-15(20,21)22)27-12(30)26-8-1-3-9(4-2-8)33-16(23,24)25/h1-5H,6-7H2,(H2,26,27,28,29,30). The summed E-state index contributed by atoms with van der Waals surface area (Å²) in [5.41, 5.74) is -0.0434. The van der Waals surface area contributed by atoms with Crippen LogP contribution < -0.4 is 24.8 Å². The van der Waals surface area contributed by atoms with Crippen LogP contribution in [-0.2, 0) is 0 Å². The second-order valence-electron chi connectivity index (χ2n) is 5.83. The summed E-state index contributed by atoms with van der Waals surface area (Å²) in [6.45, 7) is -3.73. The zero-order chi connectivity index (χ0) is 24.9. The normalized spacial score (nSPS) is 12.2. The largest absolute Gasteiger partial charge is 0.573 e. The summed E-state index contributed by atoms with van der Waals surface area (Å²) >= 11 is 0. The van der Waals surface area contributed by atoms with E-state index in [-0.39, 0.29) is 5.69 Å². The lowest BCUT2D eigenvalue weighted by Gasteiger charge is -2.13. The Hall–Kier alpha value is -3.66. The third kappa shape index (κ3) is 10.5. The van der Waals surface area contributed by atoms with Crippen LogP contribution in [0.25, 0.3) is 0 Å². The Bertz CT molecular complexity index is 911. The van der Waals surface area contributed by atoms with Gasteiger partial charge in [-0.2, -0.15) is 36.3 Å². The number of nitrogens with one attached hydrogen (secondary N) is 2. The van der Waals surface area contributed by atoms with Crippen LogP contribution in [0.5, 0.6) is 17.6 Å². The van der Waals surface area contributed by atoms with E-state index in [0.717, 1.165) is 24.3 Å². The highest BCUT2D eigenvalue weighted by molar-refractivity contribution is 5.99. The van der Waals surface area contributed by atoms with Crippen LogP contribution >= 0.6 is 0 Å². The predicted molar refractivity (Wildman–Crippen MR) is 90.9 cm³/mol. The molecule has 0 atom stereocenters. The second kappa shape index (κ2) is 9.86. The molecule has 33 heavy (non-hydrogen) atoms. The summed E-state index contributed by atoms with van der Waals surface area (Å²) in [6, 6.07) is 2.32. The molecule has 8 nitrogen and oxygen atoms in total. The Morgan fingerprint density at radius 2 is 1.39 bits per heavy atom. The number of carbonyl (C=O) groups is 1. The molecular weight excluding hydrogens is 483 g/mol. The Balaban J connectivity index is 2.10. The number of hydrogen-bond donors (Lipinski definition) is 2. The zero-order valence-electron chi connectivity index (χ0n) is 15.7. The van der Waals surface area contributed by atoms with Gasteiger partial charge >= 0.3 is 30.8 Å². The molecule has 0 aliphatic carbocycles. The first-order chi connectivity index (χ1) is 15.1. The maximum Gasteiger partial charge on any atom is 0.573 e. The maximum absolute atomic E-state index is 12.3. The fourth-order valence-electron chi connectivity index (χ4n) is 1.93. The van der Waals surface area contributed by atoms with Gasteiger partial charge < -0.3 is 19.5 Å². The molecule has 2 amide bonds. The SMILES string of the molecule is O=C(Nc1ccc(OC(F)(F)F)cc1)Nc1cc(OCC(F)(F)F)nc(OCC(F)(F)F)n1. The van der Waals surface area contributed by atoms with Crippen molar-refractivity contribution >= 4 is 17.5 Å². The molecule has 0 fully saturated rings. The summed E-state index contributed by atoms with van der Waals surface area (Å²) < 4.78 is 123. The molecule has 0 bridgehead atoms. The highest BCUT2D eigenvalue weighted by Gasteiger charge is 2.32. The molecule has 17 heteroatoms. The lowest BCUT2D eigenvalue weighted by atomic mass is 10.3. The van der Waals surface area contributed by atoms with Gasteiger partial charge in [0.1, 0.15) is 11.6 Å². The molecule has 0 saturated carbocycles. The zero-order valence-corrected chi connectivity index (χ0v) is 15.7. The number of ether oxygens (including phenoxy) is 3. The van der Waals surface area contributed by atoms with Crippen molar-refractivity contribution in [2.75, 3.05) is 23.8 Å². The van der Waals surface area contributed by atoms with Crippen molar-refractivity contribution in [2.45, 2.75) is 18.7 Å². The van der Waals surface area contributed by atoms with Crippen LogP contribution in [0.15, 0.2) is 30.3 Å². The lowest BCUT2D eigenvalue weighted by Crippen LogP contribution is -2.23. The molecule has 0 radical (unpaired) electrons. The first kappa shape index (κ1) is 25.6. The quantitative estimate of drug-likeness (QED) is 0.532. The molecule has 0 spiro atoms. The minimum atomic E-state index is -4.93. The van der Waals surface area contributed by atoms with Gasteiger partial charge in [0, 0.05) is 11.8 Å².